The van der Waals surface area contributed by atoms with Crippen LogP contribution >= 0.6 is 0 Å². The number of hydrogen-bond donors (Lipinski definition) is 0. The summed E-state index contributed by atoms with van der Waals surface area (Å²) in [5.74, 6) is 2.93. The molecule has 5 atom stereocenters. The zero-order valence-corrected chi connectivity index (χ0v) is 14.4. The van der Waals surface area contributed by atoms with E-state index in [0.29, 0.717) is 23.5 Å². The van der Waals surface area contributed by atoms with Crippen LogP contribution in [0.5, 0.6) is 0 Å². The van der Waals surface area contributed by atoms with Crippen molar-refractivity contribution in [3.05, 3.63) is 23.5 Å². The molecule has 3 fully saturated rings. The van der Waals surface area contributed by atoms with Crippen molar-refractivity contribution < 1.29 is 14.3 Å². The minimum atomic E-state index is -0.154. The van der Waals surface area contributed by atoms with Gasteiger partial charge < -0.3 is 4.74 Å². The van der Waals surface area contributed by atoms with Gasteiger partial charge in [0.05, 0.1) is 7.11 Å². The smallest absolute Gasteiger partial charge is 0.182 e. The van der Waals surface area contributed by atoms with Crippen molar-refractivity contribution in [2.75, 3.05) is 7.11 Å². The molecule has 0 aromatic rings. The Bertz CT molecular complexity index is 625. The number of hydrogen-bond acceptors (Lipinski definition) is 3. The molecule has 4 aliphatic rings. The van der Waals surface area contributed by atoms with Crippen LogP contribution in [0.2, 0.25) is 0 Å². The summed E-state index contributed by atoms with van der Waals surface area (Å²) in [5.41, 5.74) is 1.30. The molecule has 0 aliphatic heterocycles. The van der Waals surface area contributed by atoms with Gasteiger partial charge in [0.25, 0.3) is 0 Å². The molecule has 4 aliphatic carbocycles. The Hall–Kier alpha value is -1.38. The molecule has 0 heterocycles. The minimum absolute atomic E-state index is 0.0597. The van der Waals surface area contributed by atoms with Crippen LogP contribution in [0.3, 0.4) is 0 Å². The molecule has 0 aromatic heterocycles. The van der Waals surface area contributed by atoms with Gasteiger partial charge in [0.1, 0.15) is 11.5 Å². The van der Waals surface area contributed by atoms with Crippen LogP contribution in [-0.2, 0) is 14.3 Å². The van der Waals surface area contributed by atoms with Gasteiger partial charge in [-0.15, -0.1) is 0 Å². The SMILES string of the molecule is COC1=CC(=O)C=C2CCC3C4CC(=O)CC4(C)CCC3C21C. The molecule has 0 bridgehead atoms. The van der Waals surface area contributed by atoms with Gasteiger partial charge in [0, 0.05) is 24.3 Å². The average Bonchev–Trinajstić information content (AvgIpc) is 2.81. The number of fused-ring (bicyclic) bond motifs is 5. The molecule has 0 amide bonds. The van der Waals surface area contributed by atoms with Crippen molar-refractivity contribution in [2.45, 2.75) is 52.4 Å². The lowest BCUT2D eigenvalue weighted by Gasteiger charge is -2.56. The fourth-order valence-electron chi connectivity index (χ4n) is 6.33. The van der Waals surface area contributed by atoms with Gasteiger partial charge in [-0.05, 0) is 61.9 Å². The van der Waals surface area contributed by atoms with E-state index in [0.717, 1.165) is 44.3 Å². The van der Waals surface area contributed by atoms with Crippen LogP contribution in [0.1, 0.15) is 52.4 Å². The monoisotopic (exact) mass is 314 g/mol. The van der Waals surface area contributed by atoms with E-state index in [4.69, 9.17) is 4.74 Å². The molecule has 0 N–H and O–H groups in total. The summed E-state index contributed by atoms with van der Waals surface area (Å²) in [5, 5.41) is 0. The van der Waals surface area contributed by atoms with Crippen molar-refractivity contribution in [2.24, 2.45) is 28.6 Å². The maximum atomic E-state index is 12.1. The van der Waals surface area contributed by atoms with Crippen molar-refractivity contribution in [3.8, 4) is 0 Å². The van der Waals surface area contributed by atoms with Crippen molar-refractivity contribution in [1.29, 1.82) is 0 Å². The van der Waals surface area contributed by atoms with Gasteiger partial charge in [-0.2, -0.15) is 0 Å². The van der Waals surface area contributed by atoms with Gasteiger partial charge in [-0.25, -0.2) is 0 Å². The van der Waals surface area contributed by atoms with E-state index in [9.17, 15) is 9.59 Å². The number of carbonyl (C=O) groups is 2. The van der Waals surface area contributed by atoms with Crippen LogP contribution in [-0.4, -0.2) is 18.7 Å². The predicted octanol–water partition coefficient (Wildman–Crippen LogP) is 3.84. The third kappa shape index (κ3) is 1.95. The van der Waals surface area contributed by atoms with Gasteiger partial charge in [0.2, 0.25) is 0 Å². The normalized spacial score (nSPS) is 45.6. The van der Waals surface area contributed by atoms with E-state index in [2.05, 4.69) is 13.8 Å². The van der Waals surface area contributed by atoms with Gasteiger partial charge in [0.15, 0.2) is 5.78 Å². The molecule has 3 heteroatoms. The number of rotatable bonds is 1. The third-order valence-electron chi connectivity index (χ3n) is 7.48. The van der Waals surface area contributed by atoms with Crippen LogP contribution in [0.4, 0.5) is 0 Å². The van der Waals surface area contributed by atoms with Crippen LogP contribution in [0.25, 0.3) is 0 Å². The maximum Gasteiger partial charge on any atom is 0.182 e. The fraction of sp³-hybridized carbons (Fsp3) is 0.700. The highest BCUT2D eigenvalue weighted by atomic mass is 16.5. The van der Waals surface area contributed by atoms with E-state index in [1.807, 2.05) is 6.08 Å². The molecule has 0 aromatic carbocycles. The first-order valence-corrected chi connectivity index (χ1v) is 8.91. The molecule has 124 valence electrons. The summed E-state index contributed by atoms with van der Waals surface area (Å²) < 4.78 is 5.67. The highest BCUT2D eigenvalue weighted by molar-refractivity contribution is 6.01. The van der Waals surface area contributed by atoms with Gasteiger partial charge >= 0.3 is 0 Å². The largest absolute Gasteiger partial charge is 0.500 e. The van der Waals surface area contributed by atoms with Crippen molar-refractivity contribution in [3.63, 3.8) is 0 Å². The standard InChI is InChI=1S/C20H26O3/c1-19-7-6-16-15(17(19)9-14(22)11-19)5-4-12-8-13(21)10-18(23-3)20(12,16)2/h8,10,15-17H,4-7,9,11H2,1-3H3. The van der Waals surface area contributed by atoms with Crippen molar-refractivity contribution >= 4 is 11.6 Å². The average molecular weight is 314 g/mol. The van der Waals surface area contributed by atoms with Crippen LogP contribution in [0.15, 0.2) is 23.5 Å². The Morgan fingerprint density at radius 2 is 1.91 bits per heavy atom. The Morgan fingerprint density at radius 1 is 1.13 bits per heavy atom. The maximum absolute atomic E-state index is 12.1. The number of Topliss-reactive ketones (excluding diaryl/α,β-unsaturated/α-hetero) is 1. The number of methoxy groups -OCH3 is 1. The Balaban J connectivity index is 1.75. The summed E-state index contributed by atoms with van der Waals surface area (Å²) in [7, 11) is 1.68. The van der Waals surface area contributed by atoms with Crippen molar-refractivity contribution in [1.82, 2.24) is 0 Å². The number of allylic oxidation sites excluding steroid dienone is 3. The lowest BCUT2D eigenvalue weighted by molar-refractivity contribution is -0.118. The molecular weight excluding hydrogens is 288 g/mol. The molecular formula is C20H26O3. The predicted molar refractivity (Wildman–Crippen MR) is 87.6 cm³/mol. The third-order valence-corrected chi connectivity index (χ3v) is 7.48. The topological polar surface area (TPSA) is 43.4 Å². The van der Waals surface area contributed by atoms with E-state index in [1.54, 1.807) is 13.2 Å². The Morgan fingerprint density at radius 3 is 2.65 bits per heavy atom. The number of ketones is 2. The molecule has 5 unspecified atom stereocenters. The molecule has 0 radical (unpaired) electrons. The zero-order valence-electron chi connectivity index (χ0n) is 14.4. The zero-order chi connectivity index (χ0) is 16.4. The second-order valence-corrected chi connectivity index (χ2v) is 8.51. The minimum Gasteiger partial charge on any atom is -0.500 e. The Labute approximate surface area is 138 Å². The Kier molecular flexibility index (Phi) is 3.17. The fourth-order valence-corrected chi connectivity index (χ4v) is 6.33. The lowest BCUT2D eigenvalue weighted by atomic mass is 9.48. The first kappa shape index (κ1) is 15.2. The highest BCUT2D eigenvalue weighted by Crippen LogP contribution is 2.65. The van der Waals surface area contributed by atoms with Gasteiger partial charge in [-0.1, -0.05) is 12.5 Å². The quantitative estimate of drug-likeness (QED) is 0.738. The lowest BCUT2D eigenvalue weighted by Crippen LogP contribution is -2.50. The van der Waals surface area contributed by atoms with E-state index < -0.39 is 0 Å². The summed E-state index contributed by atoms with van der Waals surface area (Å²) in [6.07, 6.45) is 9.39. The summed E-state index contributed by atoms with van der Waals surface area (Å²) in [6.45, 7) is 4.58. The summed E-state index contributed by atoms with van der Waals surface area (Å²) in [4.78, 5) is 24.1. The molecule has 3 nitrogen and oxygen atoms in total. The molecule has 0 spiro atoms. The first-order valence-electron chi connectivity index (χ1n) is 8.91. The molecule has 4 rings (SSSR count). The van der Waals surface area contributed by atoms with E-state index in [-0.39, 0.29) is 16.6 Å². The van der Waals surface area contributed by atoms with E-state index >= 15 is 0 Å². The van der Waals surface area contributed by atoms with Crippen LogP contribution < -0.4 is 0 Å². The summed E-state index contributed by atoms with van der Waals surface area (Å²) in [6, 6.07) is 0. The first-order chi connectivity index (χ1) is 10.9. The number of ether oxygens (including phenoxy) is 1. The molecule has 0 saturated heterocycles. The second-order valence-electron chi connectivity index (χ2n) is 8.51. The molecule has 23 heavy (non-hydrogen) atoms. The number of carbonyl (C=O) groups excluding carboxylic acids is 2. The second kappa shape index (κ2) is 4.81. The van der Waals surface area contributed by atoms with Crippen LogP contribution in [0, 0.1) is 28.6 Å². The molecule has 3 saturated carbocycles. The highest BCUT2D eigenvalue weighted by Gasteiger charge is 2.59. The summed E-state index contributed by atoms with van der Waals surface area (Å²) >= 11 is 0. The van der Waals surface area contributed by atoms with Gasteiger partial charge in [-0.3, -0.25) is 9.59 Å². The van der Waals surface area contributed by atoms with E-state index in [1.165, 1.54) is 5.57 Å².